The number of aryl methyl sites for hydroxylation is 2. The van der Waals surface area contributed by atoms with Crippen LogP contribution in [0.15, 0.2) is 0 Å². The summed E-state index contributed by atoms with van der Waals surface area (Å²) in [5.74, 6) is 0. The van der Waals surface area contributed by atoms with Crippen LogP contribution in [-0.2, 0) is 16.7 Å². The zero-order chi connectivity index (χ0) is 12.2. The third-order valence-electron chi connectivity index (χ3n) is 2.64. The summed E-state index contributed by atoms with van der Waals surface area (Å²) in [5, 5.41) is 4.63. The van der Waals surface area contributed by atoms with E-state index in [4.69, 9.17) is 9.72 Å². The lowest BCUT2D eigenvalue weighted by Gasteiger charge is -2.23. The smallest absolute Gasteiger partial charge is 0.113 e. The van der Waals surface area contributed by atoms with Crippen LogP contribution in [0.4, 0.5) is 0 Å². The van der Waals surface area contributed by atoms with Crippen LogP contribution in [-0.4, -0.2) is 25.2 Å². The second kappa shape index (κ2) is 5.75. The summed E-state index contributed by atoms with van der Waals surface area (Å²) in [6, 6.07) is 0. The highest BCUT2D eigenvalue weighted by Gasteiger charge is 2.24. The predicted octanol–water partition coefficient (Wildman–Crippen LogP) is 2.49. The maximum atomic E-state index is 5.04. The number of hydrogen-bond acceptors (Lipinski definition) is 4. The fraction of sp³-hybridized carbons (Fsp3) is 0.750. The molecule has 1 heterocycles. The van der Waals surface area contributed by atoms with Crippen LogP contribution in [0.25, 0.3) is 0 Å². The van der Waals surface area contributed by atoms with Gasteiger partial charge in [-0.2, -0.15) is 0 Å². The van der Waals surface area contributed by atoms with Gasteiger partial charge in [0, 0.05) is 18.5 Å². The predicted molar refractivity (Wildman–Crippen MR) is 69.1 cm³/mol. The van der Waals surface area contributed by atoms with Crippen molar-refractivity contribution in [3.05, 3.63) is 15.6 Å². The van der Waals surface area contributed by atoms with Crippen molar-refractivity contribution >= 4 is 11.3 Å². The fourth-order valence-corrected chi connectivity index (χ4v) is 2.65. The Morgan fingerprint density at radius 2 is 2.12 bits per heavy atom. The van der Waals surface area contributed by atoms with Crippen LogP contribution in [0, 0.1) is 6.92 Å². The number of hydrogen-bond donors (Lipinski definition) is 1. The molecule has 0 aliphatic carbocycles. The zero-order valence-corrected chi connectivity index (χ0v) is 11.7. The molecule has 92 valence electrons. The Labute approximate surface area is 102 Å². The maximum absolute atomic E-state index is 5.04. The molecule has 0 saturated heterocycles. The van der Waals surface area contributed by atoms with Gasteiger partial charge in [-0.15, -0.1) is 11.3 Å². The third kappa shape index (κ3) is 3.27. The van der Waals surface area contributed by atoms with Gasteiger partial charge in [0.1, 0.15) is 5.01 Å². The number of methoxy groups -OCH3 is 1. The summed E-state index contributed by atoms with van der Waals surface area (Å²) >= 11 is 1.79. The second-order valence-corrected chi connectivity index (χ2v) is 5.62. The molecular formula is C12H22N2OS. The van der Waals surface area contributed by atoms with Crippen molar-refractivity contribution in [2.24, 2.45) is 0 Å². The van der Waals surface area contributed by atoms with E-state index in [1.54, 1.807) is 18.4 Å². The molecular weight excluding hydrogens is 220 g/mol. The van der Waals surface area contributed by atoms with Gasteiger partial charge in [-0.25, -0.2) is 4.98 Å². The molecule has 0 fully saturated rings. The first-order chi connectivity index (χ1) is 7.51. The summed E-state index contributed by atoms with van der Waals surface area (Å²) in [7, 11) is 1.72. The van der Waals surface area contributed by atoms with Gasteiger partial charge in [-0.3, -0.25) is 0 Å². The minimum absolute atomic E-state index is 0.0681. The standard InChI is InChI=1S/C12H22N2OS/c1-6-10-9(2)16-11(14-10)12(3,4)13-7-8-15-5/h13H,6-8H2,1-5H3. The van der Waals surface area contributed by atoms with Gasteiger partial charge in [0.05, 0.1) is 17.8 Å². The molecule has 0 unspecified atom stereocenters. The Balaban J connectivity index is 2.72. The van der Waals surface area contributed by atoms with Gasteiger partial charge >= 0.3 is 0 Å². The molecule has 0 amide bonds. The van der Waals surface area contributed by atoms with E-state index < -0.39 is 0 Å². The summed E-state index contributed by atoms with van der Waals surface area (Å²) in [6.45, 7) is 10.2. The van der Waals surface area contributed by atoms with Gasteiger partial charge in [0.2, 0.25) is 0 Å². The first-order valence-corrected chi connectivity index (χ1v) is 6.53. The van der Waals surface area contributed by atoms with Crippen LogP contribution in [0.2, 0.25) is 0 Å². The van der Waals surface area contributed by atoms with Crippen LogP contribution in [0.5, 0.6) is 0 Å². The Morgan fingerprint density at radius 3 is 2.62 bits per heavy atom. The molecule has 0 spiro atoms. The molecule has 0 aliphatic rings. The number of ether oxygens (including phenoxy) is 1. The van der Waals surface area contributed by atoms with Crippen molar-refractivity contribution in [2.45, 2.75) is 39.7 Å². The minimum Gasteiger partial charge on any atom is -0.383 e. The number of nitrogens with zero attached hydrogens (tertiary/aromatic N) is 1. The topological polar surface area (TPSA) is 34.2 Å². The van der Waals surface area contributed by atoms with Gasteiger partial charge in [-0.1, -0.05) is 6.92 Å². The Hall–Kier alpha value is -0.450. The monoisotopic (exact) mass is 242 g/mol. The molecule has 0 radical (unpaired) electrons. The van der Waals surface area contributed by atoms with Crippen molar-refractivity contribution < 1.29 is 4.74 Å². The largest absolute Gasteiger partial charge is 0.383 e. The van der Waals surface area contributed by atoms with Gasteiger partial charge in [0.25, 0.3) is 0 Å². The molecule has 0 aliphatic heterocycles. The van der Waals surface area contributed by atoms with Crippen molar-refractivity contribution in [2.75, 3.05) is 20.3 Å². The van der Waals surface area contributed by atoms with E-state index in [9.17, 15) is 0 Å². The lowest BCUT2D eigenvalue weighted by molar-refractivity contribution is 0.188. The summed E-state index contributed by atoms with van der Waals surface area (Å²) in [4.78, 5) is 6.03. The Morgan fingerprint density at radius 1 is 1.44 bits per heavy atom. The lowest BCUT2D eigenvalue weighted by Crippen LogP contribution is -2.38. The van der Waals surface area contributed by atoms with Gasteiger partial charge < -0.3 is 10.1 Å². The SMILES string of the molecule is CCc1nc(C(C)(C)NCCOC)sc1C. The van der Waals surface area contributed by atoms with Gasteiger partial charge in [0.15, 0.2) is 0 Å². The second-order valence-electron chi connectivity index (χ2n) is 4.42. The van der Waals surface area contributed by atoms with Crippen molar-refractivity contribution in [1.82, 2.24) is 10.3 Å². The number of rotatable bonds is 6. The molecule has 0 saturated carbocycles. The Bertz CT molecular complexity index is 334. The molecule has 4 heteroatoms. The minimum atomic E-state index is -0.0681. The van der Waals surface area contributed by atoms with E-state index in [-0.39, 0.29) is 5.54 Å². The summed E-state index contributed by atoms with van der Waals surface area (Å²) < 4.78 is 5.04. The van der Waals surface area contributed by atoms with Crippen LogP contribution >= 0.6 is 11.3 Å². The van der Waals surface area contributed by atoms with E-state index in [0.717, 1.165) is 24.6 Å². The normalized spacial score (nSPS) is 12.1. The highest BCUT2D eigenvalue weighted by molar-refractivity contribution is 7.11. The number of nitrogens with one attached hydrogen (secondary N) is 1. The average Bonchev–Trinajstić information content (AvgIpc) is 2.60. The van der Waals surface area contributed by atoms with E-state index in [0.29, 0.717) is 0 Å². The van der Waals surface area contributed by atoms with Crippen molar-refractivity contribution in [3.8, 4) is 0 Å². The number of aromatic nitrogens is 1. The quantitative estimate of drug-likeness (QED) is 0.778. The summed E-state index contributed by atoms with van der Waals surface area (Å²) in [6.07, 6.45) is 1.01. The highest BCUT2D eigenvalue weighted by atomic mass is 32.1. The lowest BCUT2D eigenvalue weighted by atomic mass is 10.1. The van der Waals surface area contributed by atoms with E-state index in [1.807, 2.05) is 0 Å². The summed E-state index contributed by atoms with van der Waals surface area (Å²) in [5.41, 5.74) is 1.16. The first kappa shape index (κ1) is 13.6. The first-order valence-electron chi connectivity index (χ1n) is 5.72. The average molecular weight is 242 g/mol. The molecule has 3 nitrogen and oxygen atoms in total. The van der Waals surface area contributed by atoms with E-state index >= 15 is 0 Å². The van der Waals surface area contributed by atoms with E-state index in [2.05, 4.69) is 33.0 Å². The Kier molecular flexibility index (Phi) is 4.89. The number of thiazole rings is 1. The van der Waals surface area contributed by atoms with Crippen LogP contribution in [0.1, 0.15) is 36.3 Å². The fourth-order valence-electron chi connectivity index (χ4n) is 1.56. The van der Waals surface area contributed by atoms with Gasteiger partial charge in [-0.05, 0) is 27.2 Å². The molecule has 1 aromatic heterocycles. The molecule has 0 aromatic carbocycles. The van der Waals surface area contributed by atoms with Crippen LogP contribution < -0.4 is 5.32 Å². The molecule has 0 bridgehead atoms. The van der Waals surface area contributed by atoms with Crippen molar-refractivity contribution in [1.29, 1.82) is 0 Å². The molecule has 0 atom stereocenters. The van der Waals surface area contributed by atoms with Crippen molar-refractivity contribution in [3.63, 3.8) is 0 Å². The molecule has 1 aromatic rings. The molecule has 16 heavy (non-hydrogen) atoms. The zero-order valence-electron chi connectivity index (χ0n) is 10.9. The highest BCUT2D eigenvalue weighted by Crippen LogP contribution is 2.27. The van der Waals surface area contributed by atoms with Crippen LogP contribution in [0.3, 0.4) is 0 Å². The van der Waals surface area contributed by atoms with E-state index in [1.165, 1.54) is 10.6 Å². The molecule has 1 rings (SSSR count). The maximum Gasteiger partial charge on any atom is 0.113 e. The molecule has 1 N–H and O–H groups in total. The third-order valence-corrected chi connectivity index (χ3v) is 3.97.